The fourth-order valence-corrected chi connectivity index (χ4v) is 5.22. The lowest BCUT2D eigenvalue weighted by Gasteiger charge is -2.59. The Hall–Kier alpha value is -0.450. The zero-order chi connectivity index (χ0) is 21.1. The molecule has 172 valence electrons. The van der Waals surface area contributed by atoms with Gasteiger partial charge in [-0.15, -0.1) is 35.3 Å². The highest BCUT2D eigenvalue weighted by Gasteiger charge is 2.58. The molecule has 2 fully saturated rings. The largest absolute Gasteiger partial charge is 0.378 e. The van der Waals surface area contributed by atoms with Crippen molar-refractivity contribution in [3.05, 3.63) is 16.1 Å². The van der Waals surface area contributed by atoms with Crippen LogP contribution in [-0.2, 0) is 17.7 Å². The van der Waals surface area contributed by atoms with E-state index in [0.29, 0.717) is 12.0 Å². The van der Waals surface area contributed by atoms with Gasteiger partial charge in [-0.05, 0) is 51.6 Å². The van der Waals surface area contributed by atoms with Crippen LogP contribution in [0.15, 0.2) is 10.4 Å². The third kappa shape index (κ3) is 5.66. The monoisotopic (exact) mass is 549 g/mol. The quantitative estimate of drug-likeness (QED) is 0.307. The Bertz CT molecular complexity index is 701. The van der Waals surface area contributed by atoms with Crippen molar-refractivity contribution in [3.63, 3.8) is 0 Å². The van der Waals surface area contributed by atoms with E-state index in [1.54, 1.807) is 11.3 Å². The number of ether oxygens (including phenoxy) is 1. The molecule has 1 saturated carbocycles. The molecule has 8 heteroatoms. The van der Waals surface area contributed by atoms with Crippen LogP contribution in [0.5, 0.6) is 0 Å². The maximum Gasteiger partial charge on any atom is 0.191 e. The SMILES string of the molecule is CCc1nc(CN2CCC(CNC(=NC)NC3CC(C)(OC)C3(C)C)CC2)cs1.I. The summed E-state index contributed by atoms with van der Waals surface area (Å²) in [7, 11) is 3.67. The summed E-state index contributed by atoms with van der Waals surface area (Å²) in [4.78, 5) is 11.7. The topological polar surface area (TPSA) is 61.8 Å². The first-order valence-electron chi connectivity index (χ1n) is 11.0. The Labute approximate surface area is 203 Å². The van der Waals surface area contributed by atoms with Crippen LogP contribution in [-0.4, -0.2) is 61.3 Å². The fraction of sp³-hybridized carbons (Fsp3) is 0.818. The van der Waals surface area contributed by atoms with Crippen LogP contribution in [0.2, 0.25) is 0 Å². The van der Waals surface area contributed by atoms with Crippen LogP contribution in [0.25, 0.3) is 0 Å². The van der Waals surface area contributed by atoms with E-state index in [9.17, 15) is 0 Å². The highest BCUT2D eigenvalue weighted by atomic mass is 127. The maximum atomic E-state index is 5.74. The number of hydrogen-bond acceptors (Lipinski definition) is 5. The lowest BCUT2D eigenvalue weighted by atomic mass is 9.56. The summed E-state index contributed by atoms with van der Waals surface area (Å²) >= 11 is 1.79. The van der Waals surface area contributed by atoms with E-state index in [4.69, 9.17) is 9.72 Å². The van der Waals surface area contributed by atoms with Crippen molar-refractivity contribution in [2.45, 2.75) is 71.6 Å². The summed E-state index contributed by atoms with van der Waals surface area (Å²) < 4.78 is 5.74. The molecule has 0 amide bonds. The number of aryl methyl sites for hydroxylation is 1. The van der Waals surface area contributed by atoms with Gasteiger partial charge in [-0.3, -0.25) is 9.89 Å². The highest BCUT2D eigenvalue weighted by molar-refractivity contribution is 14.0. The van der Waals surface area contributed by atoms with Crippen LogP contribution in [0.3, 0.4) is 0 Å². The van der Waals surface area contributed by atoms with Crippen molar-refractivity contribution < 1.29 is 4.74 Å². The predicted octanol–water partition coefficient (Wildman–Crippen LogP) is 3.90. The van der Waals surface area contributed by atoms with E-state index in [-0.39, 0.29) is 35.0 Å². The summed E-state index contributed by atoms with van der Waals surface area (Å²) in [5.74, 6) is 1.61. The number of thiazole rings is 1. The third-order valence-electron chi connectivity index (χ3n) is 7.37. The van der Waals surface area contributed by atoms with Crippen LogP contribution >= 0.6 is 35.3 Å². The molecule has 2 aliphatic rings. The van der Waals surface area contributed by atoms with Crippen LogP contribution in [0.1, 0.15) is 57.7 Å². The number of aromatic nitrogens is 1. The minimum Gasteiger partial charge on any atom is -0.378 e. The van der Waals surface area contributed by atoms with Gasteiger partial charge in [-0.2, -0.15) is 0 Å². The molecule has 0 spiro atoms. The molecule has 1 saturated heterocycles. The summed E-state index contributed by atoms with van der Waals surface area (Å²) in [6.07, 6.45) is 4.50. The summed E-state index contributed by atoms with van der Waals surface area (Å²) in [6.45, 7) is 13.2. The second kappa shape index (κ2) is 10.9. The average molecular weight is 550 g/mol. The number of nitrogens with one attached hydrogen (secondary N) is 2. The number of hydrogen-bond donors (Lipinski definition) is 2. The van der Waals surface area contributed by atoms with Gasteiger partial charge in [0.2, 0.25) is 0 Å². The van der Waals surface area contributed by atoms with Crippen molar-refractivity contribution in [2.24, 2.45) is 16.3 Å². The maximum absolute atomic E-state index is 5.74. The smallest absolute Gasteiger partial charge is 0.191 e. The number of likely N-dealkylation sites (tertiary alicyclic amines) is 1. The van der Waals surface area contributed by atoms with E-state index in [1.807, 2.05) is 14.2 Å². The fourth-order valence-electron chi connectivity index (χ4n) is 4.49. The third-order valence-corrected chi connectivity index (χ3v) is 8.41. The minimum atomic E-state index is -0.0639. The first-order chi connectivity index (χ1) is 13.8. The van der Waals surface area contributed by atoms with Gasteiger partial charge in [0.25, 0.3) is 0 Å². The van der Waals surface area contributed by atoms with Gasteiger partial charge in [0.05, 0.1) is 16.3 Å². The molecule has 1 aliphatic heterocycles. The number of rotatable bonds is 7. The van der Waals surface area contributed by atoms with Gasteiger partial charge in [0.1, 0.15) is 0 Å². The molecule has 1 aromatic rings. The van der Waals surface area contributed by atoms with E-state index >= 15 is 0 Å². The normalized spacial score (nSPS) is 27.3. The molecule has 2 unspecified atom stereocenters. The zero-order valence-electron chi connectivity index (χ0n) is 19.5. The molecule has 2 heterocycles. The lowest BCUT2D eigenvalue weighted by molar-refractivity contribution is -0.176. The Morgan fingerprint density at radius 1 is 1.33 bits per heavy atom. The van der Waals surface area contributed by atoms with Crippen molar-refractivity contribution in [1.29, 1.82) is 0 Å². The Balaban J connectivity index is 0.00000320. The van der Waals surface area contributed by atoms with E-state index in [2.05, 4.69) is 53.6 Å². The number of halogens is 1. The van der Waals surface area contributed by atoms with E-state index < -0.39 is 0 Å². The molecular weight excluding hydrogens is 509 g/mol. The van der Waals surface area contributed by atoms with E-state index in [0.717, 1.165) is 45.0 Å². The van der Waals surface area contributed by atoms with Crippen molar-refractivity contribution in [2.75, 3.05) is 33.8 Å². The predicted molar refractivity (Wildman–Crippen MR) is 137 cm³/mol. The van der Waals surface area contributed by atoms with Crippen LogP contribution in [0.4, 0.5) is 0 Å². The van der Waals surface area contributed by atoms with Crippen LogP contribution < -0.4 is 10.6 Å². The van der Waals surface area contributed by atoms with Gasteiger partial charge in [-0.1, -0.05) is 20.8 Å². The minimum absolute atomic E-state index is 0. The van der Waals surface area contributed by atoms with Crippen molar-refractivity contribution in [1.82, 2.24) is 20.5 Å². The van der Waals surface area contributed by atoms with Crippen molar-refractivity contribution >= 4 is 41.3 Å². The van der Waals surface area contributed by atoms with Crippen LogP contribution in [0, 0.1) is 11.3 Å². The molecule has 6 nitrogen and oxygen atoms in total. The first kappa shape index (κ1) is 25.8. The molecule has 1 aliphatic carbocycles. The lowest BCUT2D eigenvalue weighted by Crippen LogP contribution is -2.69. The summed E-state index contributed by atoms with van der Waals surface area (Å²) in [5.41, 5.74) is 1.25. The molecule has 1 aromatic heterocycles. The van der Waals surface area contributed by atoms with Gasteiger partial charge in [0, 0.05) is 44.1 Å². The molecule has 0 radical (unpaired) electrons. The molecule has 3 rings (SSSR count). The average Bonchev–Trinajstić information content (AvgIpc) is 3.18. The number of piperidine rings is 1. The molecule has 2 N–H and O–H groups in total. The number of guanidine groups is 1. The van der Waals surface area contributed by atoms with E-state index in [1.165, 1.54) is 23.5 Å². The summed E-state index contributed by atoms with van der Waals surface area (Å²) in [5, 5.41) is 10.6. The van der Waals surface area contributed by atoms with Crippen molar-refractivity contribution in [3.8, 4) is 0 Å². The molecule has 0 bridgehead atoms. The zero-order valence-corrected chi connectivity index (χ0v) is 22.6. The molecule has 0 aromatic carbocycles. The highest BCUT2D eigenvalue weighted by Crippen LogP contribution is 2.51. The van der Waals surface area contributed by atoms with Gasteiger partial charge in [0.15, 0.2) is 5.96 Å². The van der Waals surface area contributed by atoms with Gasteiger partial charge in [-0.25, -0.2) is 4.98 Å². The summed E-state index contributed by atoms with van der Waals surface area (Å²) in [6, 6.07) is 0.381. The molecular formula is C22H40IN5OS. The Morgan fingerprint density at radius 2 is 2.03 bits per heavy atom. The number of nitrogens with zero attached hydrogens (tertiary/aromatic N) is 3. The number of methoxy groups -OCH3 is 1. The Morgan fingerprint density at radius 3 is 2.57 bits per heavy atom. The molecule has 2 atom stereocenters. The standard InChI is InChI=1S/C22H39N5OS.HI/c1-7-19-25-17(15-29-19)14-27-10-8-16(9-11-27)13-24-20(23-5)26-18-12-22(4,28-6)21(18,2)3;/h15-16,18H,7-14H2,1-6H3,(H2,23,24,26);1H. The molecule has 30 heavy (non-hydrogen) atoms. The Kier molecular flexibility index (Phi) is 9.39. The van der Waals surface area contributed by atoms with Gasteiger partial charge < -0.3 is 15.4 Å². The van der Waals surface area contributed by atoms with Gasteiger partial charge >= 0.3 is 0 Å². The first-order valence-corrected chi connectivity index (χ1v) is 11.9. The number of aliphatic imine (C=N–C) groups is 1. The second-order valence-corrected chi connectivity index (χ2v) is 10.3. The second-order valence-electron chi connectivity index (χ2n) is 9.32.